The van der Waals surface area contributed by atoms with Gasteiger partial charge in [-0.15, -0.1) is 0 Å². The summed E-state index contributed by atoms with van der Waals surface area (Å²) in [6.45, 7) is 1.55. The quantitative estimate of drug-likeness (QED) is 0.652. The van der Waals surface area contributed by atoms with Gasteiger partial charge in [0.25, 0.3) is 0 Å². The second-order valence-electron chi connectivity index (χ2n) is 3.63. The highest BCUT2D eigenvalue weighted by atomic mass is 19.1. The first-order valence-electron chi connectivity index (χ1n) is 5.32. The van der Waals surface area contributed by atoms with Crippen molar-refractivity contribution in [2.75, 3.05) is 13.7 Å². The third kappa shape index (κ3) is 4.37. The van der Waals surface area contributed by atoms with Gasteiger partial charge in [0.15, 0.2) is 0 Å². The zero-order chi connectivity index (χ0) is 13.5. The smallest absolute Gasteiger partial charge is 0.325 e. The molecule has 5 heteroatoms. The molecule has 0 bridgehead atoms. The van der Waals surface area contributed by atoms with Crippen molar-refractivity contribution in [3.63, 3.8) is 0 Å². The first kappa shape index (κ1) is 13.9. The highest BCUT2D eigenvalue weighted by Crippen LogP contribution is 2.13. The molecule has 0 atom stereocenters. The van der Waals surface area contributed by atoms with Crippen LogP contribution >= 0.6 is 0 Å². The summed E-state index contributed by atoms with van der Waals surface area (Å²) in [6, 6.07) is 5.79. The van der Waals surface area contributed by atoms with Crippen LogP contribution in [0.25, 0.3) is 5.57 Å². The van der Waals surface area contributed by atoms with E-state index in [4.69, 9.17) is 0 Å². The Kier molecular flexibility index (Phi) is 5.05. The predicted molar refractivity (Wildman–Crippen MR) is 65.1 cm³/mol. The second-order valence-corrected chi connectivity index (χ2v) is 3.63. The van der Waals surface area contributed by atoms with E-state index < -0.39 is 11.9 Å². The third-order valence-corrected chi connectivity index (χ3v) is 2.28. The number of benzene rings is 1. The molecule has 1 rings (SSSR count). The van der Waals surface area contributed by atoms with E-state index in [1.165, 1.54) is 25.3 Å². The molecule has 18 heavy (non-hydrogen) atoms. The zero-order valence-electron chi connectivity index (χ0n) is 10.2. The normalized spacial score (nSPS) is 10.9. The van der Waals surface area contributed by atoms with Gasteiger partial charge in [-0.05, 0) is 30.2 Å². The molecule has 0 saturated carbocycles. The maximum absolute atomic E-state index is 12.7. The van der Waals surface area contributed by atoms with Gasteiger partial charge in [0.05, 0.1) is 7.11 Å². The summed E-state index contributed by atoms with van der Waals surface area (Å²) in [5.41, 5.74) is 1.42. The number of nitrogens with one attached hydrogen (secondary N) is 1. The van der Waals surface area contributed by atoms with Crippen molar-refractivity contribution in [1.82, 2.24) is 5.32 Å². The number of hydrogen-bond acceptors (Lipinski definition) is 3. The molecule has 1 N–H and O–H groups in total. The minimum absolute atomic E-state index is 0.178. The second kappa shape index (κ2) is 6.54. The first-order valence-corrected chi connectivity index (χ1v) is 5.32. The number of esters is 1. The Labute approximate surface area is 104 Å². The van der Waals surface area contributed by atoms with Gasteiger partial charge in [0, 0.05) is 6.08 Å². The lowest BCUT2D eigenvalue weighted by atomic mass is 10.1. The summed E-state index contributed by atoms with van der Waals surface area (Å²) in [5.74, 6) is -1.25. The molecule has 0 radical (unpaired) electrons. The average Bonchev–Trinajstić information content (AvgIpc) is 2.36. The van der Waals surface area contributed by atoms with E-state index in [-0.39, 0.29) is 12.4 Å². The molecule has 0 heterocycles. The monoisotopic (exact) mass is 251 g/mol. The van der Waals surface area contributed by atoms with Crippen LogP contribution in [-0.4, -0.2) is 25.5 Å². The van der Waals surface area contributed by atoms with E-state index in [9.17, 15) is 14.0 Å². The molecule has 96 valence electrons. The molecule has 4 nitrogen and oxygen atoms in total. The van der Waals surface area contributed by atoms with Crippen molar-refractivity contribution < 1.29 is 18.7 Å². The van der Waals surface area contributed by atoms with Crippen molar-refractivity contribution in [2.24, 2.45) is 0 Å². The van der Waals surface area contributed by atoms with Crippen LogP contribution in [0.5, 0.6) is 0 Å². The topological polar surface area (TPSA) is 55.4 Å². The van der Waals surface area contributed by atoms with Crippen LogP contribution in [0.1, 0.15) is 12.5 Å². The van der Waals surface area contributed by atoms with Crippen LogP contribution in [-0.2, 0) is 14.3 Å². The van der Waals surface area contributed by atoms with Crippen LogP contribution in [0.2, 0.25) is 0 Å². The predicted octanol–water partition coefficient (Wildman–Crippen LogP) is 1.52. The fourth-order valence-electron chi connectivity index (χ4n) is 1.28. The van der Waals surface area contributed by atoms with E-state index in [1.54, 1.807) is 19.1 Å². The van der Waals surface area contributed by atoms with Gasteiger partial charge >= 0.3 is 5.97 Å². The summed E-state index contributed by atoms with van der Waals surface area (Å²) >= 11 is 0. The van der Waals surface area contributed by atoms with Crippen molar-refractivity contribution in [2.45, 2.75) is 6.92 Å². The van der Waals surface area contributed by atoms with Gasteiger partial charge in [-0.2, -0.15) is 0 Å². The molecule has 0 aliphatic carbocycles. The minimum atomic E-state index is -0.517. The Morgan fingerprint density at radius 1 is 1.33 bits per heavy atom. The number of methoxy groups -OCH3 is 1. The largest absolute Gasteiger partial charge is 0.468 e. The molecule has 1 aromatic carbocycles. The van der Waals surface area contributed by atoms with Gasteiger partial charge in [-0.25, -0.2) is 4.39 Å². The van der Waals surface area contributed by atoms with Gasteiger partial charge in [0.1, 0.15) is 12.4 Å². The van der Waals surface area contributed by atoms with Crippen LogP contribution in [0.3, 0.4) is 0 Å². The van der Waals surface area contributed by atoms with E-state index in [0.29, 0.717) is 5.57 Å². The van der Waals surface area contributed by atoms with Crippen molar-refractivity contribution in [1.29, 1.82) is 0 Å². The third-order valence-electron chi connectivity index (χ3n) is 2.28. The standard InChI is InChI=1S/C13H14FNO3/c1-9(10-3-5-11(14)6-4-10)7-12(16)15-8-13(17)18-2/h3-7H,8H2,1-2H3,(H,15,16)/b9-7-. The summed E-state index contributed by atoms with van der Waals surface area (Å²) in [5, 5.41) is 2.38. The number of ether oxygens (including phenoxy) is 1. The summed E-state index contributed by atoms with van der Waals surface area (Å²) < 4.78 is 17.1. The fraction of sp³-hybridized carbons (Fsp3) is 0.231. The first-order chi connectivity index (χ1) is 8.52. The lowest BCUT2D eigenvalue weighted by molar-refractivity contribution is -0.140. The van der Waals surface area contributed by atoms with E-state index in [1.807, 2.05) is 0 Å². The van der Waals surface area contributed by atoms with Gasteiger partial charge < -0.3 is 10.1 Å². The molecule has 1 amide bonds. The lowest BCUT2D eigenvalue weighted by Crippen LogP contribution is -2.28. The molecule has 0 spiro atoms. The molecule has 0 unspecified atom stereocenters. The van der Waals surface area contributed by atoms with Crippen LogP contribution in [0, 0.1) is 5.82 Å². The van der Waals surface area contributed by atoms with Crippen LogP contribution in [0.15, 0.2) is 30.3 Å². The van der Waals surface area contributed by atoms with Gasteiger partial charge in [-0.1, -0.05) is 12.1 Å². The maximum Gasteiger partial charge on any atom is 0.325 e. The average molecular weight is 251 g/mol. The number of amides is 1. The van der Waals surface area contributed by atoms with Gasteiger partial charge in [0.2, 0.25) is 5.91 Å². The van der Waals surface area contributed by atoms with Crippen LogP contribution < -0.4 is 5.32 Å². The lowest BCUT2D eigenvalue weighted by Gasteiger charge is -2.03. The number of halogens is 1. The van der Waals surface area contributed by atoms with Crippen molar-refractivity contribution in [3.05, 3.63) is 41.7 Å². The Balaban J connectivity index is 2.62. The maximum atomic E-state index is 12.7. The summed E-state index contributed by atoms with van der Waals surface area (Å²) in [6.07, 6.45) is 1.34. The fourth-order valence-corrected chi connectivity index (χ4v) is 1.28. The molecular weight excluding hydrogens is 237 g/mol. The van der Waals surface area contributed by atoms with E-state index in [2.05, 4.69) is 10.1 Å². The molecular formula is C13H14FNO3. The highest BCUT2D eigenvalue weighted by molar-refractivity contribution is 5.96. The molecule has 1 aromatic rings. The molecule has 0 saturated heterocycles. The number of hydrogen-bond donors (Lipinski definition) is 1. The Hall–Kier alpha value is -2.17. The minimum Gasteiger partial charge on any atom is -0.468 e. The SMILES string of the molecule is COC(=O)CNC(=O)/C=C(/C)c1ccc(F)cc1. The Morgan fingerprint density at radius 2 is 1.94 bits per heavy atom. The molecule has 0 fully saturated rings. The van der Waals surface area contributed by atoms with E-state index >= 15 is 0 Å². The van der Waals surface area contributed by atoms with Crippen molar-refractivity contribution in [3.8, 4) is 0 Å². The van der Waals surface area contributed by atoms with Crippen LogP contribution in [0.4, 0.5) is 4.39 Å². The summed E-state index contributed by atoms with van der Waals surface area (Å²) in [7, 11) is 1.24. The molecule has 0 aliphatic rings. The van der Waals surface area contributed by atoms with E-state index in [0.717, 1.165) is 5.56 Å². The van der Waals surface area contributed by atoms with Crippen molar-refractivity contribution >= 4 is 17.4 Å². The Bertz CT molecular complexity index is 466. The summed E-state index contributed by atoms with van der Waals surface area (Å²) in [4.78, 5) is 22.3. The molecule has 0 aromatic heterocycles. The zero-order valence-corrected chi connectivity index (χ0v) is 10.2. The molecule has 0 aliphatic heterocycles. The number of carbonyl (C=O) groups is 2. The number of allylic oxidation sites excluding steroid dienone is 1. The highest BCUT2D eigenvalue weighted by Gasteiger charge is 2.04. The van der Waals surface area contributed by atoms with Gasteiger partial charge in [-0.3, -0.25) is 9.59 Å². The number of carbonyl (C=O) groups excluding carboxylic acids is 2. The Morgan fingerprint density at radius 3 is 2.50 bits per heavy atom. The number of rotatable bonds is 4.